The SMILES string of the molecule is CNC1CC(C)NC(Nc2cc3c(c(C4=CCN(C)CCC4)c2F)OCC3)N1. The quantitative estimate of drug-likeness (QED) is 0.633. The number of ether oxygens (including phenoxy) is 1. The number of hydrogen-bond acceptors (Lipinski definition) is 6. The molecule has 0 saturated carbocycles. The van der Waals surface area contributed by atoms with Crippen LogP contribution in [-0.4, -0.2) is 57.2 Å². The monoisotopic (exact) mass is 389 g/mol. The molecule has 3 aliphatic heterocycles. The van der Waals surface area contributed by atoms with Gasteiger partial charge in [0.2, 0.25) is 0 Å². The van der Waals surface area contributed by atoms with E-state index in [0.717, 1.165) is 55.7 Å². The fourth-order valence-corrected chi connectivity index (χ4v) is 4.39. The molecule has 1 saturated heterocycles. The zero-order valence-electron chi connectivity index (χ0n) is 17.1. The first-order valence-corrected chi connectivity index (χ1v) is 10.4. The summed E-state index contributed by atoms with van der Waals surface area (Å²) in [6.45, 7) is 4.64. The lowest BCUT2D eigenvalue weighted by Gasteiger charge is -2.37. The fraction of sp³-hybridized carbons (Fsp3) is 0.619. The van der Waals surface area contributed by atoms with Crippen molar-refractivity contribution in [2.24, 2.45) is 0 Å². The van der Waals surface area contributed by atoms with Crippen LogP contribution >= 0.6 is 0 Å². The zero-order valence-corrected chi connectivity index (χ0v) is 17.1. The average Bonchev–Trinajstić information content (AvgIpc) is 3.02. The maximum Gasteiger partial charge on any atom is 0.157 e. The van der Waals surface area contributed by atoms with Crippen LogP contribution in [0.3, 0.4) is 0 Å². The number of rotatable bonds is 4. The maximum atomic E-state index is 15.7. The van der Waals surface area contributed by atoms with Crippen molar-refractivity contribution in [3.63, 3.8) is 0 Å². The highest BCUT2D eigenvalue weighted by Gasteiger charge is 2.29. The normalized spacial score (nSPS) is 28.3. The predicted octanol–water partition coefficient (Wildman–Crippen LogP) is 2.08. The summed E-state index contributed by atoms with van der Waals surface area (Å²) in [7, 11) is 4.04. The van der Waals surface area contributed by atoms with Gasteiger partial charge in [0.1, 0.15) is 12.0 Å². The molecule has 154 valence electrons. The second-order valence-corrected chi connectivity index (χ2v) is 8.18. The van der Waals surface area contributed by atoms with Gasteiger partial charge in [0, 0.05) is 24.6 Å². The van der Waals surface area contributed by atoms with Gasteiger partial charge in [-0.3, -0.25) is 10.6 Å². The van der Waals surface area contributed by atoms with Crippen LogP contribution in [0.5, 0.6) is 5.75 Å². The summed E-state index contributed by atoms with van der Waals surface area (Å²) < 4.78 is 21.6. The van der Waals surface area contributed by atoms with Gasteiger partial charge in [-0.1, -0.05) is 6.08 Å². The van der Waals surface area contributed by atoms with Crippen molar-refractivity contribution in [1.29, 1.82) is 0 Å². The van der Waals surface area contributed by atoms with Crippen LogP contribution in [0, 0.1) is 5.82 Å². The number of nitrogens with one attached hydrogen (secondary N) is 4. The van der Waals surface area contributed by atoms with Crippen molar-refractivity contribution in [3.8, 4) is 5.75 Å². The van der Waals surface area contributed by atoms with E-state index in [-0.39, 0.29) is 18.3 Å². The van der Waals surface area contributed by atoms with E-state index in [1.807, 2.05) is 13.1 Å². The van der Waals surface area contributed by atoms with Crippen molar-refractivity contribution in [2.45, 2.75) is 51.1 Å². The molecule has 0 aromatic heterocycles. The summed E-state index contributed by atoms with van der Waals surface area (Å²) in [4.78, 5) is 2.27. The molecule has 4 rings (SSSR count). The van der Waals surface area contributed by atoms with Crippen molar-refractivity contribution in [3.05, 3.63) is 29.1 Å². The molecule has 1 fully saturated rings. The molecule has 0 radical (unpaired) electrons. The molecule has 0 aliphatic carbocycles. The molecule has 3 unspecified atom stereocenters. The molecular weight excluding hydrogens is 357 g/mol. The van der Waals surface area contributed by atoms with Crippen LogP contribution < -0.4 is 26.0 Å². The van der Waals surface area contributed by atoms with Crippen LogP contribution in [-0.2, 0) is 6.42 Å². The van der Waals surface area contributed by atoms with E-state index >= 15 is 4.39 Å². The highest BCUT2D eigenvalue weighted by molar-refractivity contribution is 5.77. The van der Waals surface area contributed by atoms with Crippen LogP contribution in [0.4, 0.5) is 10.1 Å². The van der Waals surface area contributed by atoms with Gasteiger partial charge in [-0.25, -0.2) is 4.39 Å². The van der Waals surface area contributed by atoms with Gasteiger partial charge >= 0.3 is 0 Å². The minimum atomic E-state index is -0.209. The van der Waals surface area contributed by atoms with Gasteiger partial charge in [0.25, 0.3) is 0 Å². The van der Waals surface area contributed by atoms with E-state index in [1.165, 1.54) is 0 Å². The lowest BCUT2D eigenvalue weighted by atomic mass is 9.96. The van der Waals surface area contributed by atoms with Gasteiger partial charge in [0.05, 0.1) is 24.0 Å². The van der Waals surface area contributed by atoms with Crippen molar-refractivity contribution in [1.82, 2.24) is 20.9 Å². The summed E-state index contributed by atoms with van der Waals surface area (Å²) in [5.74, 6) is 0.532. The number of allylic oxidation sites excluding steroid dienone is 1. The number of likely N-dealkylation sites (N-methyl/N-ethyl adjacent to an activating group) is 1. The van der Waals surface area contributed by atoms with Crippen LogP contribution in [0.2, 0.25) is 0 Å². The number of nitrogens with zero attached hydrogens (tertiary/aromatic N) is 1. The van der Waals surface area contributed by atoms with Gasteiger partial charge in [0.15, 0.2) is 5.82 Å². The van der Waals surface area contributed by atoms with Crippen molar-refractivity contribution in [2.75, 3.05) is 39.1 Å². The lowest BCUT2D eigenvalue weighted by Crippen LogP contribution is -2.63. The third-order valence-corrected chi connectivity index (χ3v) is 5.92. The van der Waals surface area contributed by atoms with E-state index < -0.39 is 0 Å². The first-order valence-electron chi connectivity index (χ1n) is 10.4. The zero-order chi connectivity index (χ0) is 19.7. The molecule has 7 heteroatoms. The van der Waals surface area contributed by atoms with E-state index in [4.69, 9.17) is 4.74 Å². The second-order valence-electron chi connectivity index (χ2n) is 8.18. The number of hydrogen-bond donors (Lipinski definition) is 4. The Labute approximate surface area is 166 Å². The highest BCUT2D eigenvalue weighted by atomic mass is 19.1. The Kier molecular flexibility index (Phi) is 5.87. The molecule has 3 heterocycles. The average molecular weight is 390 g/mol. The summed E-state index contributed by atoms with van der Waals surface area (Å²) in [6.07, 6.45) is 5.85. The lowest BCUT2D eigenvalue weighted by molar-refractivity contribution is 0.249. The van der Waals surface area contributed by atoms with E-state index in [2.05, 4.69) is 46.2 Å². The molecule has 1 aromatic rings. The molecule has 3 atom stereocenters. The van der Waals surface area contributed by atoms with Crippen molar-refractivity contribution >= 4 is 11.3 Å². The standard InChI is InChI=1S/C21H32FN5O/c1-13-11-17(23-2)26-21(24-13)25-16-12-15-7-10-28-20(15)18(19(16)22)14-5-4-8-27(3)9-6-14/h6,12-13,17,21,23-26H,4-5,7-11H2,1-3H3. The minimum Gasteiger partial charge on any atom is -0.492 e. The largest absolute Gasteiger partial charge is 0.492 e. The van der Waals surface area contributed by atoms with Crippen LogP contribution in [0.15, 0.2) is 12.1 Å². The third kappa shape index (κ3) is 4.03. The molecule has 3 aliphatic rings. The van der Waals surface area contributed by atoms with Gasteiger partial charge < -0.3 is 20.3 Å². The molecular formula is C21H32FN5O. The second kappa shape index (κ2) is 8.37. The van der Waals surface area contributed by atoms with Crippen LogP contribution in [0.1, 0.15) is 37.3 Å². The number of benzene rings is 1. The Morgan fingerprint density at radius 3 is 2.96 bits per heavy atom. The Balaban J connectivity index is 1.66. The summed E-state index contributed by atoms with van der Waals surface area (Å²) in [5, 5.41) is 13.5. The Bertz CT molecular complexity index is 753. The maximum absolute atomic E-state index is 15.7. The molecule has 28 heavy (non-hydrogen) atoms. The molecule has 0 spiro atoms. The Hall–Kier alpha value is -1.67. The van der Waals surface area contributed by atoms with Gasteiger partial charge in [-0.15, -0.1) is 0 Å². The molecule has 6 nitrogen and oxygen atoms in total. The molecule has 1 aromatic carbocycles. The summed E-state index contributed by atoms with van der Waals surface area (Å²) in [6, 6.07) is 2.25. The first kappa shape index (κ1) is 19.6. The van der Waals surface area contributed by atoms with E-state index in [0.29, 0.717) is 23.9 Å². The molecule has 0 bridgehead atoms. The van der Waals surface area contributed by atoms with Gasteiger partial charge in [-0.2, -0.15) is 0 Å². The smallest absolute Gasteiger partial charge is 0.157 e. The topological polar surface area (TPSA) is 60.6 Å². The number of fused-ring (bicyclic) bond motifs is 1. The third-order valence-electron chi connectivity index (χ3n) is 5.92. The van der Waals surface area contributed by atoms with E-state index in [1.54, 1.807) is 0 Å². The molecule has 0 amide bonds. The fourth-order valence-electron chi connectivity index (χ4n) is 4.39. The Morgan fingerprint density at radius 2 is 2.14 bits per heavy atom. The predicted molar refractivity (Wildman–Crippen MR) is 111 cm³/mol. The number of anilines is 1. The summed E-state index contributed by atoms with van der Waals surface area (Å²) >= 11 is 0. The molecule has 4 N–H and O–H groups in total. The van der Waals surface area contributed by atoms with E-state index in [9.17, 15) is 0 Å². The first-order chi connectivity index (χ1) is 13.5. The highest BCUT2D eigenvalue weighted by Crippen LogP contribution is 2.41. The van der Waals surface area contributed by atoms with Crippen LogP contribution in [0.25, 0.3) is 5.57 Å². The van der Waals surface area contributed by atoms with Crippen molar-refractivity contribution < 1.29 is 9.13 Å². The Morgan fingerprint density at radius 1 is 1.29 bits per heavy atom. The minimum absolute atomic E-state index is 0.189. The number of halogens is 1. The van der Waals surface area contributed by atoms with Gasteiger partial charge in [-0.05, 0) is 58.5 Å². The summed E-state index contributed by atoms with van der Waals surface area (Å²) in [5.41, 5.74) is 3.34.